The number of hydrogen-bond acceptors (Lipinski definition) is 4. The molecule has 0 aliphatic carbocycles. The molecule has 2 aromatic heterocycles. The molecule has 0 saturated carbocycles. The van der Waals surface area contributed by atoms with Crippen molar-refractivity contribution in [1.82, 2.24) is 24.8 Å². The Hall–Kier alpha value is -2.21. The minimum atomic E-state index is 0.0412. The highest BCUT2D eigenvalue weighted by Gasteiger charge is 2.25. The summed E-state index contributed by atoms with van der Waals surface area (Å²) in [6.45, 7) is 4.71. The first-order valence-corrected chi connectivity index (χ1v) is 8.68. The van der Waals surface area contributed by atoms with Gasteiger partial charge in [-0.2, -0.15) is 0 Å². The maximum Gasteiger partial charge on any atom is 0.272 e. The lowest BCUT2D eigenvalue weighted by Gasteiger charge is -2.34. The summed E-state index contributed by atoms with van der Waals surface area (Å²) in [4.78, 5) is 22.6. The van der Waals surface area contributed by atoms with E-state index in [0.717, 1.165) is 38.9 Å². The van der Waals surface area contributed by atoms with E-state index in [2.05, 4.69) is 26.8 Å². The van der Waals surface area contributed by atoms with Crippen LogP contribution in [0, 0.1) is 0 Å². The fourth-order valence-electron chi connectivity index (χ4n) is 3.18. The molecular weight excluding hydrogens is 302 g/mol. The number of likely N-dealkylation sites (tertiary alicyclic amines) is 1. The molecule has 2 aromatic rings. The number of aromatic nitrogens is 3. The van der Waals surface area contributed by atoms with Crippen molar-refractivity contribution in [3.63, 3.8) is 0 Å². The molecule has 1 saturated heterocycles. The molecule has 128 valence electrons. The Bertz CT molecular complexity index is 620. The van der Waals surface area contributed by atoms with Gasteiger partial charge in [0.1, 0.15) is 5.69 Å². The van der Waals surface area contributed by atoms with Crippen molar-refractivity contribution in [2.45, 2.75) is 44.8 Å². The Kier molecular flexibility index (Phi) is 5.59. The summed E-state index contributed by atoms with van der Waals surface area (Å²) >= 11 is 0. The third-order valence-corrected chi connectivity index (χ3v) is 4.62. The van der Waals surface area contributed by atoms with Crippen molar-refractivity contribution >= 4 is 5.91 Å². The zero-order chi connectivity index (χ0) is 16.8. The number of amides is 1. The quantitative estimate of drug-likeness (QED) is 0.881. The Balaban J connectivity index is 1.48. The van der Waals surface area contributed by atoms with Crippen molar-refractivity contribution < 1.29 is 4.79 Å². The molecule has 1 atom stereocenters. The van der Waals surface area contributed by atoms with Gasteiger partial charge < -0.3 is 14.8 Å². The molecule has 0 spiro atoms. The minimum Gasteiger partial charge on any atom is -0.337 e. The second kappa shape index (κ2) is 8.06. The van der Waals surface area contributed by atoms with Gasteiger partial charge in [0.05, 0.1) is 6.33 Å². The lowest BCUT2D eigenvalue weighted by atomic mass is 10.0. The first kappa shape index (κ1) is 16.6. The molecule has 1 fully saturated rings. The van der Waals surface area contributed by atoms with Crippen LogP contribution in [-0.4, -0.2) is 50.5 Å². The molecular formula is C18H25N5O. The number of hydrogen-bond donors (Lipinski definition) is 1. The van der Waals surface area contributed by atoms with E-state index >= 15 is 0 Å². The molecule has 1 N–H and O–H groups in total. The molecule has 0 radical (unpaired) electrons. The van der Waals surface area contributed by atoms with Crippen LogP contribution < -0.4 is 5.32 Å². The highest BCUT2D eigenvalue weighted by atomic mass is 16.2. The van der Waals surface area contributed by atoms with Crippen LogP contribution in [0.2, 0.25) is 0 Å². The summed E-state index contributed by atoms with van der Waals surface area (Å²) in [5, 5.41) is 3.74. The number of carbonyl (C=O) groups is 1. The van der Waals surface area contributed by atoms with Crippen LogP contribution >= 0.6 is 0 Å². The highest BCUT2D eigenvalue weighted by Crippen LogP contribution is 2.14. The van der Waals surface area contributed by atoms with E-state index in [4.69, 9.17) is 0 Å². The van der Waals surface area contributed by atoms with Gasteiger partial charge >= 0.3 is 0 Å². The number of nitrogens with one attached hydrogen (secondary N) is 1. The third kappa shape index (κ3) is 4.20. The first-order chi connectivity index (χ1) is 11.8. The Morgan fingerprint density at radius 3 is 2.79 bits per heavy atom. The van der Waals surface area contributed by atoms with Crippen LogP contribution in [0.25, 0.3) is 0 Å². The average molecular weight is 327 g/mol. The number of carbonyl (C=O) groups excluding carboxylic acids is 1. The molecule has 0 bridgehead atoms. The lowest BCUT2D eigenvalue weighted by Crippen LogP contribution is -2.48. The monoisotopic (exact) mass is 327 g/mol. The maximum atomic E-state index is 12.4. The zero-order valence-corrected chi connectivity index (χ0v) is 14.1. The van der Waals surface area contributed by atoms with E-state index in [-0.39, 0.29) is 5.91 Å². The molecule has 6 heteroatoms. The van der Waals surface area contributed by atoms with Crippen LogP contribution in [0.3, 0.4) is 0 Å². The normalized spacial score (nSPS) is 17.0. The molecule has 1 aliphatic heterocycles. The third-order valence-electron chi connectivity index (χ3n) is 4.62. The van der Waals surface area contributed by atoms with Gasteiger partial charge in [-0.15, -0.1) is 0 Å². The number of imidazole rings is 1. The van der Waals surface area contributed by atoms with Crippen molar-refractivity contribution in [3.8, 4) is 0 Å². The van der Waals surface area contributed by atoms with Gasteiger partial charge in [-0.1, -0.05) is 13.0 Å². The fraction of sp³-hybridized carbons (Fsp3) is 0.500. The fourth-order valence-corrected chi connectivity index (χ4v) is 3.18. The number of piperidine rings is 1. The standard InChI is InChI=1S/C18H25N5O/c1-2-15(13-22-12-9-19-14-22)21-16-6-10-23(11-7-16)18(24)17-5-3-4-8-20-17/h3-5,8-9,12,14-16,21H,2,6-7,10-11,13H2,1H3/t15-/m1/s1. The van der Waals surface area contributed by atoms with Gasteiger partial charge in [-0.25, -0.2) is 4.98 Å². The van der Waals surface area contributed by atoms with Gasteiger partial charge in [0.2, 0.25) is 0 Å². The van der Waals surface area contributed by atoms with Crippen LogP contribution in [0.1, 0.15) is 36.7 Å². The SMILES string of the molecule is CC[C@H](Cn1ccnc1)NC1CCN(C(=O)c2ccccn2)CC1. The smallest absolute Gasteiger partial charge is 0.272 e. The molecule has 3 heterocycles. The van der Waals surface area contributed by atoms with Crippen molar-refractivity contribution in [1.29, 1.82) is 0 Å². The van der Waals surface area contributed by atoms with Crippen molar-refractivity contribution in [2.24, 2.45) is 0 Å². The maximum absolute atomic E-state index is 12.4. The van der Waals surface area contributed by atoms with Gasteiger partial charge in [0.25, 0.3) is 5.91 Å². The number of pyridine rings is 1. The van der Waals surface area contributed by atoms with E-state index in [1.807, 2.05) is 35.8 Å². The van der Waals surface area contributed by atoms with Gasteiger partial charge in [-0.05, 0) is 31.4 Å². The Labute approximate surface area is 142 Å². The Morgan fingerprint density at radius 2 is 2.17 bits per heavy atom. The molecule has 24 heavy (non-hydrogen) atoms. The van der Waals surface area contributed by atoms with Crippen molar-refractivity contribution in [2.75, 3.05) is 13.1 Å². The summed E-state index contributed by atoms with van der Waals surface area (Å²) in [7, 11) is 0. The zero-order valence-electron chi connectivity index (χ0n) is 14.1. The highest BCUT2D eigenvalue weighted by molar-refractivity contribution is 5.92. The second-order valence-electron chi connectivity index (χ2n) is 6.31. The molecule has 0 aromatic carbocycles. The summed E-state index contributed by atoms with van der Waals surface area (Å²) in [5.41, 5.74) is 0.537. The lowest BCUT2D eigenvalue weighted by molar-refractivity contribution is 0.0694. The summed E-state index contributed by atoms with van der Waals surface area (Å²) in [6, 6.07) is 6.37. The van der Waals surface area contributed by atoms with E-state index < -0.39 is 0 Å². The Morgan fingerprint density at radius 1 is 1.33 bits per heavy atom. The van der Waals surface area contributed by atoms with E-state index in [0.29, 0.717) is 17.8 Å². The predicted octanol–water partition coefficient (Wildman–Crippen LogP) is 1.95. The van der Waals surface area contributed by atoms with Crippen LogP contribution in [0.4, 0.5) is 0 Å². The summed E-state index contributed by atoms with van der Waals surface area (Å²) in [6.07, 6.45) is 10.4. The number of nitrogens with zero attached hydrogens (tertiary/aromatic N) is 4. The van der Waals surface area contributed by atoms with E-state index in [1.54, 1.807) is 12.3 Å². The van der Waals surface area contributed by atoms with E-state index in [1.165, 1.54) is 0 Å². The molecule has 1 aliphatic rings. The summed E-state index contributed by atoms with van der Waals surface area (Å²) in [5.74, 6) is 0.0412. The molecule has 6 nitrogen and oxygen atoms in total. The predicted molar refractivity (Wildman–Crippen MR) is 92.6 cm³/mol. The molecule has 1 amide bonds. The largest absolute Gasteiger partial charge is 0.337 e. The van der Waals surface area contributed by atoms with Gasteiger partial charge in [0.15, 0.2) is 0 Å². The average Bonchev–Trinajstić information content (AvgIpc) is 3.15. The minimum absolute atomic E-state index is 0.0412. The van der Waals surface area contributed by atoms with E-state index in [9.17, 15) is 4.79 Å². The van der Waals surface area contributed by atoms with Crippen LogP contribution in [0.15, 0.2) is 43.1 Å². The molecule has 3 rings (SSSR count). The topological polar surface area (TPSA) is 63.1 Å². The van der Waals surface area contributed by atoms with Crippen LogP contribution in [0.5, 0.6) is 0 Å². The van der Waals surface area contributed by atoms with Crippen molar-refractivity contribution in [3.05, 3.63) is 48.8 Å². The van der Waals surface area contributed by atoms with Gasteiger partial charge in [0, 0.05) is 50.3 Å². The summed E-state index contributed by atoms with van der Waals surface area (Å²) < 4.78 is 2.11. The van der Waals surface area contributed by atoms with Crippen LogP contribution in [-0.2, 0) is 6.54 Å². The second-order valence-corrected chi connectivity index (χ2v) is 6.31. The number of rotatable bonds is 6. The molecule has 0 unspecified atom stereocenters. The van der Waals surface area contributed by atoms with Gasteiger partial charge in [-0.3, -0.25) is 9.78 Å². The first-order valence-electron chi connectivity index (χ1n) is 8.68.